The third-order valence-electron chi connectivity index (χ3n) is 6.83. The third kappa shape index (κ3) is 4.13. The zero-order valence-corrected chi connectivity index (χ0v) is 21.3. The molecule has 0 radical (unpaired) electrons. The first kappa shape index (κ1) is 23.3. The molecule has 5 nitrogen and oxygen atoms in total. The van der Waals surface area contributed by atoms with Crippen molar-refractivity contribution in [3.8, 4) is 11.5 Å². The highest BCUT2D eigenvalue weighted by molar-refractivity contribution is 7.07. The van der Waals surface area contributed by atoms with Crippen LogP contribution in [-0.2, 0) is 6.42 Å². The molecule has 1 atom stereocenters. The van der Waals surface area contributed by atoms with Crippen LogP contribution in [0, 0.1) is 0 Å². The maximum atomic E-state index is 14.0. The van der Waals surface area contributed by atoms with Crippen molar-refractivity contribution >= 4 is 23.1 Å². The lowest BCUT2D eigenvalue weighted by molar-refractivity contribution is 0.363. The molecule has 0 spiro atoms. The number of fused-ring (bicyclic) bond motifs is 3. The molecule has 1 aliphatic heterocycles. The Morgan fingerprint density at radius 2 is 1.92 bits per heavy atom. The van der Waals surface area contributed by atoms with Gasteiger partial charge in [0.15, 0.2) is 4.80 Å². The van der Waals surface area contributed by atoms with E-state index in [-0.39, 0.29) is 11.6 Å². The smallest absolute Gasteiger partial charge is 0.271 e. The molecular formula is C31H26N2O3S. The molecule has 0 fully saturated rings. The van der Waals surface area contributed by atoms with Gasteiger partial charge in [0.25, 0.3) is 5.56 Å². The fourth-order valence-corrected chi connectivity index (χ4v) is 6.19. The van der Waals surface area contributed by atoms with Crippen molar-refractivity contribution in [2.24, 2.45) is 4.99 Å². The Kier molecular flexibility index (Phi) is 6.10. The molecule has 3 aromatic carbocycles. The molecule has 0 amide bonds. The second-order valence-corrected chi connectivity index (χ2v) is 10.0. The fraction of sp³-hybridized carbons (Fsp3) is 0.161. The molecule has 0 N–H and O–H groups in total. The monoisotopic (exact) mass is 506 g/mol. The van der Waals surface area contributed by atoms with Crippen LogP contribution < -0.4 is 24.4 Å². The van der Waals surface area contributed by atoms with E-state index in [4.69, 9.17) is 14.5 Å². The number of allylic oxidation sites excluding steroid dienone is 1. The van der Waals surface area contributed by atoms with E-state index >= 15 is 0 Å². The number of hydrogen-bond acceptors (Lipinski definition) is 5. The van der Waals surface area contributed by atoms with E-state index in [0.29, 0.717) is 15.9 Å². The zero-order valence-electron chi connectivity index (χ0n) is 20.5. The zero-order chi connectivity index (χ0) is 25.4. The van der Waals surface area contributed by atoms with Crippen molar-refractivity contribution in [3.05, 3.63) is 133 Å². The SMILES string of the molecule is C=CCOc1cccc(C=c2sc3n(c2=O)C(c2ccccc2OC)C2=C(N=3)c3ccccc3CC2)c1. The van der Waals surface area contributed by atoms with Crippen molar-refractivity contribution in [2.75, 3.05) is 13.7 Å². The van der Waals surface area contributed by atoms with Crippen molar-refractivity contribution in [1.82, 2.24) is 4.57 Å². The first-order valence-electron chi connectivity index (χ1n) is 12.3. The number of ether oxygens (including phenoxy) is 2. The molecule has 1 aliphatic carbocycles. The van der Waals surface area contributed by atoms with Gasteiger partial charge in [-0.25, -0.2) is 4.99 Å². The first-order valence-corrected chi connectivity index (χ1v) is 13.1. The van der Waals surface area contributed by atoms with Crippen LogP contribution >= 0.6 is 11.3 Å². The van der Waals surface area contributed by atoms with E-state index in [0.717, 1.165) is 52.3 Å². The first-order chi connectivity index (χ1) is 18.2. The second kappa shape index (κ2) is 9.71. The van der Waals surface area contributed by atoms with Crippen molar-refractivity contribution in [1.29, 1.82) is 0 Å². The summed E-state index contributed by atoms with van der Waals surface area (Å²) in [6, 6.07) is 23.8. The predicted molar refractivity (Wildman–Crippen MR) is 148 cm³/mol. The van der Waals surface area contributed by atoms with Gasteiger partial charge in [0.05, 0.1) is 23.4 Å². The van der Waals surface area contributed by atoms with Crippen LogP contribution in [0.3, 0.4) is 0 Å². The molecule has 6 rings (SSSR count). The topological polar surface area (TPSA) is 52.8 Å². The number of aryl methyl sites for hydroxylation is 1. The lowest BCUT2D eigenvalue weighted by atomic mass is 9.83. The van der Waals surface area contributed by atoms with Crippen LogP contribution in [0.15, 0.2) is 101 Å². The number of benzene rings is 3. The van der Waals surface area contributed by atoms with E-state index in [1.165, 1.54) is 16.9 Å². The van der Waals surface area contributed by atoms with Gasteiger partial charge in [-0.2, -0.15) is 0 Å². The van der Waals surface area contributed by atoms with Crippen molar-refractivity contribution in [2.45, 2.75) is 18.9 Å². The van der Waals surface area contributed by atoms with Gasteiger partial charge in [0.1, 0.15) is 18.1 Å². The minimum absolute atomic E-state index is 0.0533. The standard InChI is InChI=1S/C31H26N2O3S/c1-3-17-36-22-11-8-9-20(18-22)19-27-30(34)33-29(24-13-6-7-14-26(24)35-2)25-16-15-21-10-4-5-12-23(21)28(25)32-31(33)37-27/h3-14,18-19,29H,1,15-17H2,2H3. The molecule has 2 aliphatic rings. The van der Waals surface area contributed by atoms with Crippen LogP contribution in [-0.4, -0.2) is 18.3 Å². The summed E-state index contributed by atoms with van der Waals surface area (Å²) < 4.78 is 13.9. The second-order valence-electron chi connectivity index (χ2n) is 9.03. The molecule has 2 heterocycles. The molecule has 37 heavy (non-hydrogen) atoms. The Hall–Kier alpha value is -4.16. The fourth-order valence-electron chi connectivity index (χ4n) is 5.19. The highest BCUT2D eigenvalue weighted by atomic mass is 32.1. The number of aromatic nitrogens is 1. The maximum absolute atomic E-state index is 14.0. The van der Waals surface area contributed by atoms with Gasteiger partial charge in [-0.05, 0) is 53.8 Å². The maximum Gasteiger partial charge on any atom is 0.271 e. The summed E-state index contributed by atoms with van der Waals surface area (Å²) in [6.45, 7) is 4.13. The highest BCUT2D eigenvalue weighted by Crippen LogP contribution is 2.43. The Bertz CT molecular complexity index is 1730. The molecule has 184 valence electrons. The van der Waals surface area contributed by atoms with Gasteiger partial charge >= 0.3 is 0 Å². The van der Waals surface area contributed by atoms with E-state index in [1.807, 2.05) is 53.1 Å². The predicted octanol–water partition coefficient (Wildman–Crippen LogP) is 4.89. The molecule has 6 heteroatoms. The summed E-state index contributed by atoms with van der Waals surface area (Å²) in [6.07, 6.45) is 5.38. The molecule has 1 unspecified atom stereocenters. The van der Waals surface area contributed by atoms with E-state index in [2.05, 4.69) is 36.9 Å². The number of methoxy groups -OCH3 is 1. The average molecular weight is 507 g/mol. The van der Waals surface area contributed by atoms with Crippen LogP contribution in [0.1, 0.15) is 34.7 Å². The molecule has 0 saturated carbocycles. The third-order valence-corrected chi connectivity index (χ3v) is 7.81. The largest absolute Gasteiger partial charge is 0.496 e. The van der Waals surface area contributed by atoms with Crippen LogP contribution in [0.5, 0.6) is 11.5 Å². The van der Waals surface area contributed by atoms with Crippen molar-refractivity contribution < 1.29 is 9.47 Å². The van der Waals surface area contributed by atoms with Crippen molar-refractivity contribution in [3.63, 3.8) is 0 Å². The van der Waals surface area contributed by atoms with E-state index in [9.17, 15) is 4.79 Å². The summed E-state index contributed by atoms with van der Waals surface area (Å²) in [7, 11) is 1.68. The summed E-state index contributed by atoms with van der Waals surface area (Å²) >= 11 is 1.42. The number of rotatable bonds is 6. The van der Waals surface area contributed by atoms with Gasteiger partial charge in [-0.3, -0.25) is 9.36 Å². The molecule has 0 saturated heterocycles. The van der Waals surface area contributed by atoms with E-state index in [1.54, 1.807) is 13.2 Å². The van der Waals surface area contributed by atoms with Gasteiger partial charge in [-0.15, -0.1) is 0 Å². The number of thiazole rings is 1. The van der Waals surface area contributed by atoms with Crippen LogP contribution in [0.4, 0.5) is 0 Å². The van der Waals surface area contributed by atoms with Crippen LogP contribution in [0.25, 0.3) is 11.8 Å². The Morgan fingerprint density at radius 3 is 2.78 bits per heavy atom. The minimum Gasteiger partial charge on any atom is -0.496 e. The lowest BCUT2D eigenvalue weighted by Crippen LogP contribution is -2.39. The summed E-state index contributed by atoms with van der Waals surface area (Å²) in [5.74, 6) is 1.50. The minimum atomic E-state index is -0.278. The normalized spacial score (nSPS) is 16.4. The number of nitrogens with zero attached hydrogens (tertiary/aromatic N) is 2. The van der Waals surface area contributed by atoms with Gasteiger partial charge in [0.2, 0.25) is 0 Å². The molecule has 0 bridgehead atoms. The average Bonchev–Trinajstić information content (AvgIpc) is 3.25. The number of para-hydroxylation sites is 1. The Morgan fingerprint density at radius 1 is 1.08 bits per heavy atom. The van der Waals surface area contributed by atoms with Gasteiger partial charge in [0, 0.05) is 11.1 Å². The number of hydrogen-bond donors (Lipinski definition) is 0. The Balaban J connectivity index is 1.58. The quantitative estimate of drug-likeness (QED) is 0.350. The molecule has 4 aromatic rings. The summed E-state index contributed by atoms with van der Waals surface area (Å²) in [5.41, 5.74) is 6.39. The summed E-state index contributed by atoms with van der Waals surface area (Å²) in [5, 5.41) is 0. The van der Waals surface area contributed by atoms with E-state index < -0.39 is 0 Å². The summed E-state index contributed by atoms with van der Waals surface area (Å²) in [4.78, 5) is 19.7. The van der Waals surface area contributed by atoms with Crippen LogP contribution in [0.2, 0.25) is 0 Å². The van der Waals surface area contributed by atoms with Gasteiger partial charge < -0.3 is 9.47 Å². The lowest BCUT2D eigenvalue weighted by Gasteiger charge is -2.31. The Labute approximate surface area is 219 Å². The molecular weight excluding hydrogens is 480 g/mol. The molecule has 1 aromatic heterocycles. The highest BCUT2D eigenvalue weighted by Gasteiger charge is 2.33. The van der Waals surface area contributed by atoms with Gasteiger partial charge in [-0.1, -0.05) is 78.6 Å².